The molecule has 0 aromatic heterocycles. The molecule has 2 N–H and O–H groups in total. The third-order valence-electron chi connectivity index (χ3n) is 2.43. The summed E-state index contributed by atoms with van der Waals surface area (Å²) in [5.74, 6) is 0. The van der Waals surface area contributed by atoms with Gasteiger partial charge in [-0.15, -0.1) is 0 Å². The molecule has 0 amide bonds. The normalized spacial score (nSPS) is 12.7. The minimum absolute atomic E-state index is 0.194. The standard InChI is InChI=1S/C12H19NO2/c1-13-12(6-7-14)11-5-3-4-10(8-11)9-15-2/h3-5,8,12-14H,6-7,9H2,1-2H3. The molecule has 0 aliphatic heterocycles. The smallest absolute Gasteiger partial charge is 0.0713 e. The fourth-order valence-electron chi connectivity index (χ4n) is 1.67. The highest BCUT2D eigenvalue weighted by Gasteiger charge is 2.08. The van der Waals surface area contributed by atoms with Crippen LogP contribution in [0, 0.1) is 0 Å². The molecule has 3 nitrogen and oxygen atoms in total. The number of aliphatic hydroxyl groups excluding tert-OH is 1. The Labute approximate surface area is 91.1 Å². The first-order chi connectivity index (χ1) is 7.31. The molecule has 0 aliphatic carbocycles. The maximum absolute atomic E-state index is 8.94. The number of rotatable bonds is 6. The molecule has 1 unspecified atom stereocenters. The van der Waals surface area contributed by atoms with Crippen LogP contribution in [-0.2, 0) is 11.3 Å². The highest BCUT2D eigenvalue weighted by Crippen LogP contribution is 2.17. The van der Waals surface area contributed by atoms with E-state index < -0.39 is 0 Å². The van der Waals surface area contributed by atoms with Crippen LogP contribution < -0.4 is 5.32 Å². The van der Waals surface area contributed by atoms with Crippen molar-refractivity contribution in [3.8, 4) is 0 Å². The number of nitrogens with one attached hydrogen (secondary N) is 1. The van der Waals surface area contributed by atoms with Crippen LogP contribution in [0.4, 0.5) is 0 Å². The summed E-state index contributed by atoms with van der Waals surface area (Å²) in [5.41, 5.74) is 2.36. The quantitative estimate of drug-likeness (QED) is 0.745. The van der Waals surface area contributed by atoms with Gasteiger partial charge in [0.05, 0.1) is 6.61 Å². The van der Waals surface area contributed by atoms with Gasteiger partial charge in [-0.3, -0.25) is 0 Å². The Morgan fingerprint density at radius 3 is 2.87 bits per heavy atom. The van der Waals surface area contributed by atoms with Crippen molar-refractivity contribution in [2.75, 3.05) is 20.8 Å². The Hall–Kier alpha value is -0.900. The largest absolute Gasteiger partial charge is 0.396 e. The third kappa shape index (κ3) is 3.63. The second-order valence-corrected chi connectivity index (χ2v) is 3.53. The monoisotopic (exact) mass is 209 g/mol. The second kappa shape index (κ2) is 6.56. The molecule has 1 aromatic carbocycles. The summed E-state index contributed by atoms with van der Waals surface area (Å²) < 4.78 is 5.09. The van der Waals surface area contributed by atoms with Crippen LogP contribution in [0.1, 0.15) is 23.6 Å². The molecule has 0 aliphatic rings. The summed E-state index contributed by atoms with van der Waals surface area (Å²) in [5, 5.41) is 12.1. The minimum Gasteiger partial charge on any atom is -0.396 e. The van der Waals surface area contributed by atoms with Crippen molar-refractivity contribution in [3.63, 3.8) is 0 Å². The lowest BCUT2D eigenvalue weighted by Gasteiger charge is -2.16. The number of hydrogen-bond donors (Lipinski definition) is 2. The first-order valence-electron chi connectivity index (χ1n) is 5.17. The topological polar surface area (TPSA) is 41.5 Å². The fraction of sp³-hybridized carbons (Fsp3) is 0.500. The van der Waals surface area contributed by atoms with E-state index >= 15 is 0 Å². The van der Waals surface area contributed by atoms with Gasteiger partial charge in [-0.25, -0.2) is 0 Å². The molecule has 15 heavy (non-hydrogen) atoms. The van der Waals surface area contributed by atoms with Crippen molar-refractivity contribution < 1.29 is 9.84 Å². The zero-order valence-corrected chi connectivity index (χ0v) is 9.36. The van der Waals surface area contributed by atoms with E-state index in [9.17, 15) is 0 Å². The fourth-order valence-corrected chi connectivity index (χ4v) is 1.67. The highest BCUT2D eigenvalue weighted by atomic mass is 16.5. The van der Waals surface area contributed by atoms with Gasteiger partial charge in [0.15, 0.2) is 0 Å². The number of aliphatic hydroxyl groups is 1. The molecule has 0 saturated heterocycles. The van der Waals surface area contributed by atoms with Gasteiger partial charge >= 0.3 is 0 Å². The van der Waals surface area contributed by atoms with Crippen molar-refractivity contribution in [1.82, 2.24) is 5.32 Å². The van der Waals surface area contributed by atoms with Crippen molar-refractivity contribution in [1.29, 1.82) is 0 Å². The van der Waals surface area contributed by atoms with E-state index in [4.69, 9.17) is 9.84 Å². The van der Waals surface area contributed by atoms with Crippen LogP contribution in [0.25, 0.3) is 0 Å². The minimum atomic E-state index is 0.194. The third-order valence-corrected chi connectivity index (χ3v) is 2.43. The van der Waals surface area contributed by atoms with E-state index in [1.54, 1.807) is 7.11 Å². The number of ether oxygens (including phenoxy) is 1. The molecule has 1 aromatic rings. The molecule has 0 spiro atoms. The van der Waals surface area contributed by atoms with E-state index in [1.165, 1.54) is 5.56 Å². The molecule has 3 heteroatoms. The molecule has 0 fully saturated rings. The number of methoxy groups -OCH3 is 1. The lowest BCUT2D eigenvalue weighted by molar-refractivity contribution is 0.184. The SMILES string of the molecule is CNC(CCO)c1cccc(COC)c1. The lowest BCUT2D eigenvalue weighted by atomic mass is 10.0. The summed E-state index contributed by atoms with van der Waals surface area (Å²) in [7, 11) is 3.60. The molecule has 0 radical (unpaired) electrons. The van der Waals surface area contributed by atoms with Gasteiger partial charge in [-0.05, 0) is 24.6 Å². The summed E-state index contributed by atoms with van der Waals surface area (Å²) in [4.78, 5) is 0. The van der Waals surface area contributed by atoms with Crippen molar-refractivity contribution >= 4 is 0 Å². The molecular formula is C12H19NO2. The number of hydrogen-bond acceptors (Lipinski definition) is 3. The zero-order valence-electron chi connectivity index (χ0n) is 9.36. The maximum atomic E-state index is 8.94. The molecular weight excluding hydrogens is 190 g/mol. The lowest BCUT2D eigenvalue weighted by Crippen LogP contribution is -2.17. The van der Waals surface area contributed by atoms with Gasteiger partial charge in [0.25, 0.3) is 0 Å². The highest BCUT2D eigenvalue weighted by molar-refractivity contribution is 5.25. The first-order valence-corrected chi connectivity index (χ1v) is 5.17. The molecule has 84 valence electrons. The van der Waals surface area contributed by atoms with Gasteiger partial charge < -0.3 is 15.2 Å². The summed E-state index contributed by atoms with van der Waals surface area (Å²) >= 11 is 0. The van der Waals surface area contributed by atoms with E-state index in [1.807, 2.05) is 19.2 Å². The molecule has 0 saturated carbocycles. The van der Waals surface area contributed by atoms with Crippen LogP contribution in [0.5, 0.6) is 0 Å². The Bertz CT molecular complexity index is 289. The van der Waals surface area contributed by atoms with Gasteiger partial charge in [0.1, 0.15) is 0 Å². The summed E-state index contributed by atoms with van der Waals surface area (Å²) in [6, 6.07) is 8.45. The van der Waals surface area contributed by atoms with Crippen molar-refractivity contribution in [2.45, 2.75) is 19.1 Å². The average Bonchev–Trinajstić information content (AvgIpc) is 2.27. The Morgan fingerprint density at radius 1 is 1.47 bits per heavy atom. The van der Waals surface area contributed by atoms with Crippen molar-refractivity contribution in [3.05, 3.63) is 35.4 Å². The van der Waals surface area contributed by atoms with E-state index in [-0.39, 0.29) is 12.6 Å². The van der Waals surface area contributed by atoms with E-state index in [2.05, 4.69) is 17.4 Å². The van der Waals surface area contributed by atoms with Gasteiger partial charge in [0, 0.05) is 19.8 Å². The molecule has 1 atom stereocenters. The predicted octanol–water partition coefficient (Wildman–Crippen LogP) is 1.48. The van der Waals surface area contributed by atoms with Crippen LogP contribution >= 0.6 is 0 Å². The molecule has 0 bridgehead atoms. The predicted molar refractivity (Wildman–Crippen MR) is 60.7 cm³/mol. The second-order valence-electron chi connectivity index (χ2n) is 3.53. The Morgan fingerprint density at radius 2 is 2.27 bits per heavy atom. The average molecular weight is 209 g/mol. The molecule has 1 rings (SSSR count). The van der Waals surface area contributed by atoms with Gasteiger partial charge in [0.2, 0.25) is 0 Å². The maximum Gasteiger partial charge on any atom is 0.0713 e. The van der Waals surface area contributed by atoms with Crippen LogP contribution in [0.15, 0.2) is 24.3 Å². The zero-order chi connectivity index (χ0) is 11.1. The van der Waals surface area contributed by atoms with E-state index in [0.29, 0.717) is 6.61 Å². The van der Waals surface area contributed by atoms with Crippen LogP contribution in [0.2, 0.25) is 0 Å². The number of benzene rings is 1. The van der Waals surface area contributed by atoms with Crippen molar-refractivity contribution in [2.24, 2.45) is 0 Å². The Kier molecular flexibility index (Phi) is 5.32. The van der Waals surface area contributed by atoms with Gasteiger partial charge in [-0.1, -0.05) is 24.3 Å². The Balaban J connectivity index is 2.77. The summed E-state index contributed by atoms with van der Waals surface area (Å²) in [6.45, 7) is 0.823. The first kappa shape index (κ1) is 12.2. The van der Waals surface area contributed by atoms with Gasteiger partial charge in [-0.2, -0.15) is 0 Å². The van der Waals surface area contributed by atoms with Crippen LogP contribution in [-0.4, -0.2) is 25.9 Å². The molecule has 0 heterocycles. The summed E-state index contributed by atoms with van der Waals surface area (Å²) in [6.07, 6.45) is 0.729. The van der Waals surface area contributed by atoms with Crippen LogP contribution in [0.3, 0.4) is 0 Å². The van der Waals surface area contributed by atoms with E-state index in [0.717, 1.165) is 12.0 Å².